The molecule has 0 aliphatic carbocycles. The van der Waals surface area contributed by atoms with Crippen molar-refractivity contribution in [3.05, 3.63) is 57.5 Å². The fourth-order valence-corrected chi connectivity index (χ4v) is 2.52. The molecule has 0 fully saturated rings. The van der Waals surface area contributed by atoms with Crippen LogP contribution in [0.5, 0.6) is 0 Å². The molecule has 0 unspecified atom stereocenters. The van der Waals surface area contributed by atoms with Gasteiger partial charge in [-0.25, -0.2) is 0 Å². The van der Waals surface area contributed by atoms with Crippen LogP contribution in [0.2, 0.25) is 0 Å². The second kappa shape index (κ2) is 10.3. The Morgan fingerprint density at radius 2 is 2.00 bits per heavy atom. The number of hydrogen-bond donors (Lipinski definition) is 2. The van der Waals surface area contributed by atoms with Gasteiger partial charge in [0.25, 0.3) is 5.69 Å². The predicted molar refractivity (Wildman–Crippen MR) is 105 cm³/mol. The van der Waals surface area contributed by atoms with Crippen molar-refractivity contribution in [2.24, 2.45) is 4.99 Å². The zero-order chi connectivity index (χ0) is 19.6. The summed E-state index contributed by atoms with van der Waals surface area (Å²) in [6.07, 6.45) is 2.85. The van der Waals surface area contributed by atoms with Crippen LogP contribution in [0.1, 0.15) is 49.6 Å². The molecule has 1 aromatic heterocycles. The summed E-state index contributed by atoms with van der Waals surface area (Å²) in [5, 5.41) is 21.2. The van der Waals surface area contributed by atoms with E-state index in [0.29, 0.717) is 18.4 Å². The summed E-state index contributed by atoms with van der Waals surface area (Å²) in [5.41, 5.74) is 2.18. The molecule has 0 bridgehead atoms. The highest BCUT2D eigenvalue weighted by atomic mass is 16.6. The van der Waals surface area contributed by atoms with Crippen molar-refractivity contribution < 1.29 is 9.45 Å². The highest BCUT2D eigenvalue weighted by molar-refractivity contribution is 5.79. The zero-order valence-corrected chi connectivity index (χ0v) is 16.1. The molecular formula is C19H27N5O3. The van der Waals surface area contributed by atoms with Crippen LogP contribution >= 0.6 is 0 Å². The molecule has 0 spiro atoms. The number of guanidine groups is 1. The van der Waals surface area contributed by atoms with Gasteiger partial charge >= 0.3 is 0 Å². The molecule has 2 N–H and O–H groups in total. The molecule has 2 rings (SSSR count). The van der Waals surface area contributed by atoms with Crippen LogP contribution in [0.15, 0.2) is 39.8 Å². The van der Waals surface area contributed by atoms with Crippen LogP contribution in [-0.4, -0.2) is 29.6 Å². The van der Waals surface area contributed by atoms with E-state index in [-0.39, 0.29) is 10.6 Å². The fourth-order valence-electron chi connectivity index (χ4n) is 2.52. The fraction of sp³-hybridized carbons (Fsp3) is 0.474. The highest BCUT2D eigenvalue weighted by Crippen LogP contribution is 2.14. The molecule has 8 nitrogen and oxygen atoms in total. The van der Waals surface area contributed by atoms with E-state index in [9.17, 15) is 10.1 Å². The normalized spacial score (nSPS) is 11.6. The van der Waals surface area contributed by atoms with Crippen LogP contribution in [-0.2, 0) is 13.0 Å². The Hall–Kier alpha value is -2.90. The molecule has 0 amide bonds. The van der Waals surface area contributed by atoms with Gasteiger partial charge in [0.2, 0.25) is 0 Å². The van der Waals surface area contributed by atoms with Crippen molar-refractivity contribution in [3.63, 3.8) is 0 Å². The molecule has 8 heteroatoms. The number of aryl methyl sites for hydroxylation is 1. The smallest absolute Gasteiger partial charge is 0.269 e. The maximum atomic E-state index is 10.6. The summed E-state index contributed by atoms with van der Waals surface area (Å²) < 4.78 is 5.30. The Bertz CT molecular complexity index is 753. The van der Waals surface area contributed by atoms with Gasteiger partial charge in [0.05, 0.1) is 17.2 Å². The van der Waals surface area contributed by atoms with Gasteiger partial charge in [-0.2, -0.15) is 0 Å². The maximum Gasteiger partial charge on any atom is 0.269 e. The van der Waals surface area contributed by atoms with Crippen LogP contribution < -0.4 is 10.6 Å². The van der Waals surface area contributed by atoms with Crippen LogP contribution in [0, 0.1) is 10.1 Å². The van der Waals surface area contributed by atoms with E-state index in [0.717, 1.165) is 42.8 Å². The number of hydrogen-bond acceptors (Lipinski definition) is 5. The number of benzene rings is 1. The second-order valence-electron chi connectivity index (χ2n) is 6.61. The third-order valence-electron chi connectivity index (χ3n) is 4.15. The van der Waals surface area contributed by atoms with E-state index in [1.54, 1.807) is 19.2 Å². The maximum absolute atomic E-state index is 10.6. The van der Waals surface area contributed by atoms with Gasteiger partial charge < -0.3 is 15.2 Å². The average Bonchev–Trinajstić information content (AvgIpc) is 3.13. The lowest BCUT2D eigenvalue weighted by Gasteiger charge is -2.10. The van der Waals surface area contributed by atoms with Gasteiger partial charge in [-0.1, -0.05) is 31.1 Å². The van der Waals surface area contributed by atoms with Crippen molar-refractivity contribution in [1.29, 1.82) is 0 Å². The van der Waals surface area contributed by atoms with Crippen molar-refractivity contribution >= 4 is 11.6 Å². The summed E-state index contributed by atoms with van der Waals surface area (Å²) in [5.74, 6) is 1.84. The standard InChI is InChI=1S/C19H27N5O3/c1-14(2)18-12-17(27-23-18)13-22-19(20-3)21-11-5-4-6-15-7-9-16(10-8-15)24(25)26/h7-10,12,14H,4-6,11,13H2,1-3H3,(H2,20,21,22). The Labute approximate surface area is 159 Å². The molecule has 0 saturated heterocycles. The van der Waals surface area contributed by atoms with E-state index in [1.165, 1.54) is 0 Å². The molecule has 1 aromatic carbocycles. The van der Waals surface area contributed by atoms with E-state index in [2.05, 4.69) is 34.6 Å². The Morgan fingerprint density at radius 1 is 1.26 bits per heavy atom. The first-order chi connectivity index (χ1) is 13.0. The number of rotatable bonds is 9. The van der Waals surface area contributed by atoms with Crippen molar-refractivity contribution in [2.75, 3.05) is 13.6 Å². The van der Waals surface area contributed by atoms with Gasteiger partial charge in [0.15, 0.2) is 11.7 Å². The average molecular weight is 373 g/mol. The summed E-state index contributed by atoms with van der Waals surface area (Å²) in [6.45, 7) is 5.47. The number of nitro groups is 1. The Kier molecular flexibility index (Phi) is 7.79. The number of unbranched alkanes of at least 4 members (excludes halogenated alkanes) is 1. The lowest BCUT2D eigenvalue weighted by molar-refractivity contribution is -0.384. The monoisotopic (exact) mass is 373 g/mol. The molecule has 0 aliphatic heterocycles. The lowest BCUT2D eigenvalue weighted by atomic mass is 10.1. The number of aliphatic imine (C=N–C) groups is 1. The molecule has 0 saturated carbocycles. The Balaban J connectivity index is 1.65. The first kappa shape index (κ1) is 20.4. The molecular weight excluding hydrogens is 346 g/mol. The summed E-state index contributed by atoms with van der Waals surface area (Å²) in [7, 11) is 1.73. The topological polar surface area (TPSA) is 106 Å². The lowest BCUT2D eigenvalue weighted by Crippen LogP contribution is -2.37. The molecule has 2 aromatic rings. The van der Waals surface area contributed by atoms with E-state index in [1.807, 2.05) is 18.2 Å². The molecule has 27 heavy (non-hydrogen) atoms. The minimum atomic E-state index is -0.380. The van der Waals surface area contributed by atoms with Gasteiger partial charge in [0.1, 0.15) is 0 Å². The van der Waals surface area contributed by atoms with Gasteiger partial charge in [-0.05, 0) is 30.7 Å². The van der Waals surface area contributed by atoms with E-state index >= 15 is 0 Å². The summed E-state index contributed by atoms with van der Waals surface area (Å²) in [4.78, 5) is 14.5. The quantitative estimate of drug-likeness (QED) is 0.229. The Morgan fingerprint density at radius 3 is 2.59 bits per heavy atom. The van der Waals surface area contributed by atoms with E-state index < -0.39 is 0 Å². The van der Waals surface area contributed by atoms with Gasteiger partial charge in [0, 0.05) is 31.8 Å². The third-order valence-corrected chi connectivity index (χ3v) is 4.15. The van der Waals surface area contributed by atoms with Gasteiger partial charge in [-0.15, -0.1) is 0 Å². The molecule has 0 radical (unpaired) electrons. The van der Waals surface area contributed by atoms with E-state index in [4.69, 9.17) is 4.52 Å². The molecule has 146 valence electrons. The molecule has 1 heterocycles. The first-order valence-electron chi connectivity index (χ1n) is 9.13. The van der Waals surface area contributed by atoms with Gasteiger partial charge in [-0.3, -0.25) is 15.1 Å². The number of nitro benzene ring substituents is 1. The van der Waals surface area contributed by atoms with Crippen LogP contribution in [0.25, 0.3) is 0 Å². The molecule has 0 aliphatic rings. The number of nitrogens with zero attached hydrogens (tertiary/aromatic N) is 3. The highest BCUT2D eigenvalue weighted by Gasteiger charge is 2.08. The minimum Gasteiger partial charge on any atom is -0.359 e. The number of aromatic nitrogens is 1. The van der Waals surface area contributed by atoms with Crippen LogP contribution in [0.3, 0.4) is 0 Å². The number of non-ortho nitro benzene ring substituents is 1. The molecule has 0 atom stereocenters. The van der Waals surface area contributed by atoms with Crippen LogP contribution in [0.4, 0.5) is 5.69 Å². The largest absolute Gasteiger partial charge is 0.359 e. The predicted octanol–water partition coefficient (Wildman–Crippen LogP) is 3.39. The van der Waals surface area contributed by atoms with Crippen molar-refractivity contribution in [2.45, 2.75) is 45.6 Å². The first-order valence-corrected chi connectivity index (χ1v) is 9.13. The summed E-state index contributed by atoms with van der Waals surface area (Å²) >= 11 is 0. The number of nitrogens with one attached hydrogen (secondary N) is 2. The minimum absolute atomic E-state index is 0.127. The zero-order valence-electron chi connectivity index (χ0n) is 16.1. The third kappa shape index (κ3) is 6.73. The summed E-state index contributed by atoms with van der Waals surface area (Å²) in [6, 6.07) is 8.68. The van der Waals surface area contributed by atoms with Crippen molar-refractivity contribution in [1.82, 2.24) is 15.8 Å². The SMILES string of the molecule is CN=C(NCCCCc1ccc([N+](=O)[O-])cc1)NCc1cc(C(C)C)no1. The van der Waals surface area contributed by atoms with Crippen molar-refractivity contribution in [3.8, 4) is 0 Å². The second-order valence-corrected chi connectivity index (χ2v) is 6.61.